The number of imide groups is 2. The van der Waals surface area contributed by atoms with Crippen LogP contribution in [0.4, 0.5) is 24.7 Å². The van der Waals surface area contributed by atoms with Crippen LogP contribution in [-0.4, -0.2) is 57.9 Å². The molecule has 296 valence electrons. The molecule has 6 atom stereocenters. The largest absolute Gasteiger partial charge is 0.497 e. The smallest absolute Gasteiger partial charge is 0.433 e. The van der Waals surface area contributed by atoms with E-state index in [0.29, 0.717) is 28.0 Å². The second-order valence-corrected chi connectivity index (χ2v) is 15.4. The van der Waals surface area contributed by atoms with E-state index in [9.17, 15) is 32.7 Å². The van der Waals surface area contributed by atoms with Crippen molar-refractivity contribution in [2.24, 2.45) is 23.7 Å². The maximum atomic E-state index is 15.3. The lowest BCUT2D eigenvalue weighted by Crippen LogP contribution is -2.53. The monoisotopic (exact) mass is 843 g/mol. The number of hydrogen-bond donors (Lipinski definition) is 2. The van der Waals surface area contributed by atoms with Gasteiger partial charge in [-0.05, 0) is 78.9 Å². The van der Waals surface area contributed by atoms with Gasteiger partial charge in [0.2, 0.25) is 0 Å². The Kier molecular flexibility index (Phi) is 9.58. The molecule has 4 aliphatic rings. The average Bonchev–Trinajstić information content (AvgIpc) is 3.82. The number of aliphatic hydroxyl groups excluding tert-OH is 1. The maximum absolute atomic E-state index is 15.3. The van der Waals surface area contributed by atoms with Crippen molar-refractivity contribution < 1.29 is 46.6 Å². The molecule has 1 saturated carbocycles. The predicted molar refractivity (Wildman–Crippen MR) is 200 cm³/mol. The number of fused-ring (bicyclic) bond motifs is 4. The molecule has 8 rings (SSSR count). The minimum absolute atomic E-state index is 0.00702. The van der Waals surface area contributed by atoms with Crippen LogP contribution in [0.5, 0.6) is 5.75 Å². The number of halogens is 6. The Morgan fingerprint density at radius 2 is 1.70 bits per heavy atom. The standard InChI is InChI=1S/C39H31Cl3F3N5O7/c1-48(33-26(41)11-14-30(46-33)39(43,44)45)50-34(52)23-10-9-22-24(31(23)36(50)54)16-25-35(53)49(47-28-12-5-19(40)15-27(28)42)37(55)38(25,18-3-6-20(56-2)7-4-18)32(22)29-13-8-21(17-51)57-29/h3-9,11-15,23-25,31-32,47,51H,10,16-17H2,1-2H3. The Hall–Kier alpha value is -5.09. The maximum Gasteiger partial charge on any atom is 0.433 e. The number of alkyl halides is 3. The predicted octanol–water partition coefficient (Wildman–Crippen LogP) is 7.19. The Labute approximate surface area is 337 Å². The number of nitrogens with zero attached hydrogens (tertiary/aromatic N) is 4. The first-order chi connectivity index (χ1) is 27.1. The molecule has 6 unspecified atom stereocenters. The van der Waals surface area contributed by atoms with E-state index in [4.69, 9.17) is 44.0 Å². The molecular weight excluding hydrogens is 814 g/mol. The van der Waals surface area contributed by atoms with Crippen LogP contribution >= 0.6 is 34.8 Å². The summed E-state index contributed by atoms with van der Waals surface area (Å²) in [5, 5.41) is 12.8. The van der Waals surface area contributed by atoms with E-state index in [2.05, 4.69) is 10.4 Å². The number of carbonyl (C=O) groups is 4. The summed E-state index contributed by atoms with van der Waals surface area (Å²) < 4.78 is 52.6. The minimum atomic E-state index is -4.84. The Balaban J connectivity index is 1.27. The van der Waals surface area contributed by atoms with Gasteiger partial charge in [0.05, 0.1) is 46.5 Å². The number of aliphatic hydroxyl groups is 1. The third kappa shape index (κ3) is 5.96. The zero-order valence-electron chi connectivity index (χ0n) is 29.9. The molecule has 2 aliphatic heterocycles. The highest BCUT2D eigenvalue weighted by Crippen LogP contribution is 2.64. The number of hydrogen-bond acceptors (Lipinski definition) is 10. The van der Waals surface area contributed by atoms with Crippen molar-refractivity contribution in [1.82, 2.24) is 15.0 Å². The van der Waals surface area contributed by atoms with Crippen LogP contribution in [0.15, 0.2) is 82.8 Å². The highest BCUT2D eigenvalue weighted by atomic mass is 35.5. The van der Waals surface area contributed by atoms with Gasteiger partial charge in [-0.3, -0.25) is 29.6 Å². The van der Waals surface area contributed by atoms with Crippen molar-refractivity contribution in [1.29, 1.82) is 0 Å². The Bertz CT molecular complexity index is 2370. The van der Waals surface area contributed by atoms with Gasteiger partial charge >= 0.3 is 6.18 Å². The summed E-state index contributed by atoms with van der Waals surface area (Å²) in [7, 11) is 2.70. The van der Waals surface area contributed by atoms with E-state index in [-0.39, 0.29) is 40.1 Å². The topological polar surface area (TPSA) is 146 Å². The lowest BCUT2D eigenvalue weighted by atomic mass is 9.50. The molecular formula is C39H31Cl3F3N5O7. The Morgan fingerprint density at radius 3 is 2.35 bits per heavy atom. The quantitative estimate of drug-likeness (QED) is 0.138. The molecule has 4 heterocycles. The van der Waals surface area contributed by atoms with Crippen molar-refractivity contribution in [3.8, 4) is 5.75 Å². The number of hydrazine groups is 2. The molecule has 2 saturated heterocycles. The third-order valence-electron chi connectivity index (χ3n) is 11.4. The van der Waals surface area contributed by atoms with Crippen LogP contribution in [0.1, 0.15) is 41.5 Å². The van der Waals surface area contributed by atoms with Crippen LogP contribution in [0.3, 0.4) is 0 Å². The summed E-state index contributed by atoms with van der Waals surface area (Å²) in [6, 6.07) is 16.0. The van der Waals surface area contributed by atoms with Crippen molar-refractivity contribution >= 4 is 69.9 Å². The first-order valence-corrected chi connectivity index (χ1v) is 18.7. The van der Waals surface area contributed by atoms with Crippen LogP contribution in [0.2, 0.25) is 15.1 Å². The van der Waals surface area contributed by atoms with E-state index in [1.54, 1.807) is 42.5 Å². The summed E-state index contributed by atoms with van der Waals surface area (Å²) in [4.78, 5) is 62.6. The molecule has 0 radical (unpaired) electrons. The summed E-state index contributed by atoms with van der Waals surface area (Å²) in [6.07, 6.45) is -3.16. The van der Waals surface area contributed by atoms with Gasteiger partial charge in [-0.25, -0.2) is 4.98 Å². The summed E-state index contributed by atoms with van der Waals surface area (Å²) in [5.74, 6) is -7.54. The lowest BCUT2D eigenvalue weighted by molar-refractivity contribution is -0.142. The summed E-state index contributed by atoms with van der Waals surface area (Å²) >= 11 is 18.9. The van der Waals surface area contributed by atoms with E-state index in [0.717, 1.165) is 21.1 Å². The fraction of sp³-hybridized carbons (Fsp3) is 0.308. The summed E-state index contributed by atoms with van der Waals surface area (Å²) in [5.41, 5.74) is 1.07. The number of nitrogens with one attached hydrogen (secondary N) is 1. The zero-order chi connectivity index (χ0) is 40.7. The van der Waals surface area contributed by atoms with E-state index in [1.807, 2.05) is 0 Å². The SMILES string of the molecule is COc1ccc(C23C(=O)N(Nc4ccc(Cl)cc4Cl)C(=O)C2CC2C(=CCC4C(=O)N(N(C)c5nc(C(F)(F)F)ccc5Cl)C(=O)C42)C3c2ccc(CO)o2)cc1. The molecule has 0 bridgehead atoms. The molecule has 4 amide bonds. The van der Waals surface area contributed by atoms with E-state index in [1.165, 1.54) is 32.4 Å². The third-order valence-corrected chi connectivity index (χ3v) is 12.2. The number of allylic oxidation sites excluding steroid dienone is 2. The average molecular weight is 845 g/mol. The normalized spacial score (nSPS) is 25.6. The minimum Gasteiger partial charge on any atom is -0.497 e. The zero-order valence-corrected chi connectivity index (χ0v) is 32.2. The van der Waals surface area contributed by atoms with E-state index < -0.39 is 82.9 Å². The van der Waals surface area contributed by atoms with Gasteiger partial charge in [0.15, 0.2) is 5.82 Å². The first kappa shape index (κ1) is 38.8. The van der Waals surface area contributed by atoms with Gasteiger partial charge in [0.25, 0.3) is 23.6 Å². The van der Waals surface area contributed by atoms with Crippen LogP contribution in [-0.2, 0) is 37.4 Å². The first-order valence-electron chi connectivity index (χ1n) is 17.6. The van der Waals surface area contributed by atoms with Crippen molar-refractivity contribution in [3.63, 3.8) is 0 Å². The molecule has 0 spiro atoms. The number of pyridine rings is 1. The number of ether oxygens (including phenoxy) is 1. The fourth-order valence-corrected chi connectivity index (χ4v) is 9.65. The lowest BCUT2D eigenvalue weighted by Gasteiger charge is -2.49. The number of carbonyl (C=O) groups excluding carboxylic acids is 4. The van der Waals surface area contributed by atoms with Crippen molar-refractivity contribution in [2.45, 2.75) is 37.0 Å². The highest BCUT2D eigenvalue weighted by molar-refractivity contribution is 6.36. The number of anilines is 2. The van der Waals surface area contributed by atoms with Gasteiger partial charge in [-0.2, -0.15) is 23.2 Å². The van der Waals surface area contributed by atoms with E-state index >= 15 is 4.79 Å². The van der Waals surface area contributed by atoms with Crippen LogP contribution < -0.4 is 15.2 Å². The molecule has 2 N–H and O–H groups in total. The van der Waals surface area contributed by atoms with Crippen molar-refractivity contribution in [3.05, 3.63) is 116 Å². The van der Waals surface area contributed by atoms with Gasteiger partial charge in [-0.1, -0.05) is 58.6 Å². The molecule has 2 aliphatic carbocycles. The Morgan fingerprint density at radius 1 is 0.965 bits per heavy atom. The molecule has 4 aromatic rings. The second-order valence-electron chi connectivity index (χ2n) is 14.2. The van der Waals surface area contributed by atoms with Gasteiger partial charge in [-0.15, -0.1) is 0 Å². The number of furan rings is 1. The number of aromatic nitrogens is 1. The van der Waals surface area contributed by atoms with Crippen LogP contribution in [0, 0.1) is 23.7 Å². The molecule has 12 nitrogen and oxygen atoms in total. The molecule has 3 fully saturated rings. The summed E-state index contributed by atoms with van der Waals surface area (Å²) in [6.45, 7) is -0.477. The molecule has 18 heteroatoms. The molecule has 2 aromatic carbocycles. The number of amides is 4. The van der Waals surface area contributed by atoms with Crippen molar-refractivity contribution in [2.75, 3.05) is 24.6 Å². The van der Waals surface area contributed by atoms with Crippen LogP contribution in [0.25, 0.3) is 0 Å². The highest BCUT2D eigenvalue weighted by Gasteiger charge is 2.71. The fourth-order valence-electron chi connectivity index (χ4n) is 8.98. The second kappa shape index (κ2) is 14.1. The van der Waals surface area contributed by atoms with Gasteiger partial charge in [0, 0.05) is 12.1 Å². The number of benzene rings is 2. The number of rotatable bonds is 8. The molecule has 2 aromatic heterocycles. The number of methoxy groups -OCH3 is 1. The van der Waals surface area contributed by atoms with Gasteiger partial charge in [0.1, 0.15) is 35.0 Å². The molecule has 57 heavy (non-hydrogen) atoms. The van der Waals surface area contributed by atoms with Gasteiger partial charge < -0.3 is 14.3 Å².